The number of amides is 3. The predicted molar refractivity (Wildman–Crippen MR) is 96.8 cm³/mol. The van der Waals surface area contributed by atoms with Crippen molar-refractivity contribution in [2.45, 2.75) is 18.9 Å². The molecule has 1 heterocycles. The van der Waals surface area contributed by atoms with E-state index in [1.807, 2.05) is 18.2 Å². The Balaban J connectivity index is 1.48. The molecule has 25 heavy (non-hydrogen) atoms. The summed E-state index contributed by atoms with van der Waals surface area (Å²) in [6.07, 6.45) is 2.14. The summed E-state index contributed by atoms with van der Waals surface area (Å²) in [4.78, 5) is 24.0. The fourth-order valence-electron chi connectivity index (χ4n) is 2.62. The smallest absolute Gasteiger partial charge is 0.319 e. The van der Waals surface area contributed by atoms with Gasteiger partial charge >= 0.3 is 6.03 Å². The summed E-state index contributed by atoms with van der Waals surface area (Å²) in [6, 6.07) is 15.7. The molecule has 1 aliphatic heterocycles. The van der Waals surface area contributed by atoms with Crippen LogP contribution in [0, 0.1) is 0 Å². The van der Waals surface area contributed by atoms with Crippen molar-refractivity contribution >= 4 is 23.3 Å². The molecule has 1 fully saturated rings. The zero-order chi connectivity index (χ0) is 17.5. The molecule has 0 aliphatic carbocycles. The standard InChI is InChI=1S/C19H21N3O3/c23-18(14-5-2-1-3-6-14)21-15-8-10-16(11-9-15)22-19(24)20-13-17-7-4-12-25-17/h1-3,5-6,8-11,17H,4,7,12-13H2,(H,21,23)(H2,20,22,24). The number of benzene rings is 2. The van der Waals surface area contributed by atoms with Gasteiger partial charge in [0.25, 0.3) is 5.91 Å². The molecule has 3 rings (SSSR count). The Morgan fingerprint density at radius 3 is 2.28 bits per heavy atom. The number of urea groups is 1. The maximum absolute atomic E-state index is 12.1. The first-order chi connectivity index (χ1) is 12.2. The first-order valence-electron chi connectivity index (χ1n) is 8.33. The molecule has 6 heteroatoms. The van der Waals surface area contributed by atoms with Crippen LogP contribution in [-0.4, -0.2) is 31.2 Å². The van der Waals surface area contributed by atoms with Gasteiger partial charge in [-0.2, -0.15) is 0 Å². The van der Waals surface area contributed by atoms with Crippen LogP contribution in [-0.2, 0) is 4.74 Å². The lowest BCUT2D eigenvalue weighted by molar-refractivity contribution is 0.102. The molecule has 3 N–H and O–H groups in total. The second-order valence-electron chi connectivity index (χ2n) is 5.87. The zero-order valence-corrected chi connectivity index (χ0v) is 13.8. The Labute approximate surface area is 146 Å². The van der Waals surface area contributed by atoms with Gasteiger partial charge in [-0.15, -0.1) is 0 Å². The zero-order valence-electron chi connectivity index (χ0n) is 13.8. The molecule has 1 atom stereocenters. The SMILES string of the molecule is O=C(NCC1CCCO1)Nc1ccc(NC(=O)c2ccccc2)cc1. The third kappa shape index (κ3) is 5.06. The maximum atomic E-state index is 12.1. The lowest BCUT2D eigenvalue weighted by atomic mass is 10.2. The van der Waals surface area contributed by atoms with E-state index in [0.717, 1.165) is 19.4 Å². The van der Waals surface area contributed by atoms with Crippen LogP contribution in [0.25, 0.3) is 0 Å². The fourth-order valence-corrected chi connectivity index (χ4v) is 2.62. The van der Waals surface area contributed by atoms with E-state index in [1.54, 1.807) is 36.4 Å². The van der Waals surface area contributed by atoms with Crippen molar-refractivity contribution in [3.05, 3.63) is 60.2 Å². The van der Waals surface area contributed by atoms with E-state index < -0.39 is 0 Å². The van der Waals surface area contributed by atoms with E-state index in [2.05, 4.69) is 16.0 Å². The van der Waals surface area contributed by atoms with Crippen LogP contribution < -0.4 is 16.0 Å². The van der Waals surface area contributed by atoms with Crippen molar-refractivity contribution in [2.24, 2.45) is 0 Å². The lowest BCUT2D eigenvalue weighted by Gasteiger charge is -2.12. The molecule has 0 radical (unpaired) electrons. The van der Waals surface area contributed by atoms with Gasteiger partial charge in [0, 0.05) is 30.1 Å². The predicted octanol–water partition coefficient (Wildman–Crippen LogP) is 3.24. The lowest BCUT2D eigenvalue weighted by Crippen LogP contribution is -2.35. The number of hydrogen-bond donors (Lipinski definition) is 3. The van der Waals surface area contributed by atoms with Crippen LogP contribution in [0.4, 0.5) is 16.2 Å². The topological polar surface area (TPSA) is 79.5 Å². The van der Waals surface area contributed by atoms with E-state index in [4.69, 9.17) is 4.74 Å². The van der Waals surface area contributed by atoms with Gasteiger partial charge in [0.15, 0.2) is 0 Å². The summed E-state index contributed by atoms with van der Waals surface area (Å²) in [7, 11) is 0. The molecule has 1 aliphatic rings. The molecule has 0 saturated carbocycles. The van der Waals surface area contributed by atoms with Crippen molar-refractivity contribution in [1.82, 2.24) is 5.32 Å². The minimum atomic E-state index is -0.267. The van der Waals surface area contributed by atoms with Crippen molar-refractivity contribution in [3.63, 3.8) is 0 Å². The number of anilines is 2. The van der Waals surface area contributed by atoms with Crippen LogP contribution >= 0.6 is 0 Å². The average Bonchev–Trinajstić information content (AvgIpc) is 3.16. The molecule has 6 nitrogen and oxygen atoms in total. The van der Waals surface area contributed by atoms with Crippen molar-refractivity contribution in [1.29, 1.82) is 0 Å². The summed E-state index contributed by atoms with van der Waals surface area (Å²) in [6.45, 7) is 1.28. The number of hydrogen-bond acceptors (Lipinski definition) is 3. The van der Waals surface area contributed by atoms with Gasteiger partial charge in [0.05, 0.1) is 6.10 Å². The minimum absolute atomic E-state index is 0.112. The van der Waals surface area contributed by atoms with Gasteiger partial charge in [-0.3, -0.25) is 4.79 Å². The van der Waals surface area contributed by atoms with Crippen molar-refractivity contribution < 1.29 is 14.3 Å². The van der Waals surface area contributed by atoms with Crippen LogP contribution in [0.1, 0.15) is 23.2 Å². The van der Waals surface area contributed by atoms with Crippen LogP contribution in [0.15, 0.2) is 54.6 Å². The molecule has 0 aromatic heterocycles. The first kappa shape index (κ1) is 17.0. The van der Waals surface area contributed by atoms with Gasteiger partial charge in [-0.25, -0.2) is 4.79 Å². The highest BCUT2D eigenvalue weighted by Gasteiger charge is 2.16. The summed E-state index contributed by atoms with van der Waals surface area (Å²) < 4.78 is 5.46. The normalized spacial score (nSPS) is 16.2. The summed E-state index contributed by atoms with van der Waals surface area (Å²) in [5.74, 6) is -0.171. The van der Waals surface area contributed by atoms with Gasteiger partial charge in [0.1, 0.15) is 0 Å². The highest BCUT2D eigenvalue weighted by Crippen LogP contribution is 2.15. The van der Waals surface area contributed by atoms with E-state index in [0.29, 0.717) is 23.5 Å². The Kier molecular flexibility index (Phi) is 5.64. The van der Waals surface area contributed by atoms with Gasteiger partial charge in [-0.05, 0) is 49.2 Å². The Bertz CT molecular complexity index is 710. The molecule has 1 saturated heterocycles. The highest BCUT2D eigenvalue weighted by atomic mass is 16.5. The maximum Gasteiger partial charge on any atom is 0.319 e. The molecule has 1 unspecified atom stereocenters. The second-order valence-corrected chi connectivity index (χ2v) is 5.87. The van der Waals surface area contributed by atoms with Gasteiger partial charge in [0.2, 0.25) is 0 Å². The summed E-state index contributed by atoms with van der Waals surface area (Å²) in [5.41, 5.74) is 1.92. The van der Waals surface area contributed by atoms with Crippen LogP contribution in [0.3, 0.4) is 0 Å². The number of carbonyl (C=O) groups is 2. The van der Waals surface area contributed by atoms with E-state index >= 15 is 0 Å². The summed E-state index contributed by atoms with van der Waals surface area (Å²) in [5, 5.41) is 8.37. The Morgan fingerprint density at radius 2 is 1.64 bits per heavy atom. The van der Waals surface area contributed by atoms with Crippen molar-refractivity contribution in [3.8, 4) is 0 Å². The number of nitrogens with one attached hydrogen (secondary N) is 3. The molecule has 3 amide bonds. The monoisotopic (exact) mass is 339 g/mol. The fraction of sp³-hybridized carbons (Fsp3) is 0.263. The highest BCUT2D eigenvalue weighted by molar-refractivity contribution is 6.04. The largest absolute Gasteiger partial charge is 0.376 e. The third-order valence-electron chi connectivity index (χ3n) is 3.95. The van der Waals surface area contributed by atoms with Crippen LogP contribution in [0.2, 0.25) is 0 Å². The number of rotatable bonds is 5. The number of ether oxygens (including phenoxy) is 1. The van der Waals surface area contributed by atoms with Crippen molar-refractivity contribution in [2.75, 3.05) is 23.8 Å². The Morgan fingerprint density at radius 1 is 0.960 bits per heavy atom. The molecule has 130 valence electrons. The third-order valence-corrected chi connectivity index (χ3v) is 3.95. The first-order valence-corrected chi connectivity index (χ1v) is 8.33. The van der Waals surface area contributed by atoms with E-state index in [1.165, 1.54) is 0 Å². The molecular weight excluding hydrogens is 318 g/mol. The molecular formula is C19H21N3O3. The molecule has 0 spiro atoms. The minimum Gasteiger partial charge on any atom is -0.376 e. The second kappa shape index (κ2) is 8.30. The Hall–Kier alpha value is -2.86. The molecule has 0 bridgehead atoms. The van der Waals surface area contributed by atoms with Crippen LogP contribution in [0.5, 0.6) is 0 Å². The number of carbonyl (C=O) groups excluding carboxylic acids is 2. The molecule has 2 aromatic rings. The van der Waals surface area contributed by atoms with E-state index in [9.17, 15) is 9.59 Å². The average molecular weight is 339 g/mol. The molecule has 2 aromatic carbocycles. The quantitative estimate of drug-likeness (QED) is 0.782. The van der Waals surface area contributed by atoms with Gasteiger partial charge < -0.3 is 20.7 Å². The van der Waals surface area contributed by atoms with Gasteiger partial charge in [-0.1, -0.05) is 18.2 Å². The van der Waals surface area contributed by atoms with E-state index in [-0.39, 0.29) is 18.0 Å². The summed E-state index contributed by atoms with van der Waals surface area (Å²) >= 11 is 0.